The first kappa shape index (κ1) is 16.0. The molecule has 2 aromatic rings. The van der Waals surface area contributed by atoms with Crippen LogP contribution in [0.25, 0.3) is 0 Å². The predicted octanol–water partition coefficient (Wildman–Crippen LogP) is 2.22. The van der Waals surface area contributed by atoms with Crippen molar-refractivity contribution in [2.24, 2.45) is 0 Å². The van der Waals surface area contributed by atoms with Crippen LogP contribution in [0.3, 0.4) is 0 Å². The first-order valence-corrected chi connectivity index (χ1v) is 9.30. The van der Waals surface area contributed by atoms with E-state index < -0.39 is 10.0 Å². The van der Waals surface area contributed by atoms with Crippen molar-refractivity contribution in [1.82, 2.24) is 14.5 Å². The number of anilines is 1. The van der Waals surface area contributed by atoms with Crippen LogP contribution in [0.1, 0.15) is 24.8 Å². The van der Waals surface area contributed by atoms with E-state index >= 15 is 0 Å². The minimum atomic E-state index is -3.50. The average Bonchev–Trinajstić information content (AvgIpc) is 3.11. The summed E-state index contributed by atoms with van der Waals surface area (Å²) < 4.78 is 26.1. The Bertz CT molecular complexity index is 720. The smallest absolute Gasteiger partial charge is 0.246 e. The molecule has 0 amide bonds. The van der Waals surface area contributed by atoms with Crippen molar-refractivity contribution in [3.05, 3.63) is 42.2 Å². The molecular formula is C16H22N4O2S. The van der Waals surface area contributed by atoms with E-state index in [-0.39, 0.29) is 4.90 Å². The van der Waals surface area contributed by atoms with Crippen LogP contribution in [-0.2, 0) is 16.6 Å². The maximum absolute atomic E-state index is 12.4. The highest BCUT2D eigenvalue weighted by atomic mass is 32.2. The second-order valence-electron chi connectivity index (χ2n) is 5.91. The van der Waals surface area contributed by atoms with Crippen LogP contribution in [0.5, 0.6) is 0 Å². The normalized spacial score (nSPS) is 16.0. The third-order valence-corrected chi connectivity index (χ3v) is 6.01. The molecule has 6 nitrogen and oxygen atoms in total. The Morgan fingerprint density at radius 1 is 1.17 bits per heavy atom. The fourth-order valence-electron chi connectivity index (χ4n) is 2.87. The quantitative estimate of drug-likeness (QED) is 0.910. The monoisotopic (exact) mass is 334 g/mol. The summed E-state index contributed by atoms with van der Waals surface area (Å²) in [4.78, 5) is 2.57. The van der Waals surface area contributed by atoms with Gasteiger partial charge in [0.05, 0.1) is 6.20 Å². The Hall–Kier alpha value is -1.86. The van der Waals surface area contributed by atoms with Crippen molar-refractivity contribution in [1.29, 1.82) is 0 Å². The predicted molar refractivity (Wildman–Crippen MR) is 89.7 cm³/mol. The number of nitrogens with one attached hydrogen (secondary N) is 1. The van der Waals surface area contributed by atoms with Gasteiger partial charge in [-0.2, -0.15) is 9.40 Å². The van der Waals surface area contributed by atoms with Gasteiger partial charge in [-0.05, 0) is 37.0 Å². The summed E-state index contributed by atoms with van der Waals surface area (Å²) in [5.41, 5.74) is 2.19. The number of rotatable bonds is 5. The number of H-pyrrole nitrogens is 1. The van der Waals surface area contributed by atoms with Gasteiger partial charge in [0.15, 0.2) is 0 Å². The highest BCUT2D eigenvalue weighted by Gasteiger charge is 2.22. The molecule has 2 heterocycles. The number of hydrogen-bond donors (Lipinski definition) is 1. The van der Waals surface area contributed by atoms with Crippen LogP contribution >= 0.6 is 0 Å². The van der Waals surface area contributed by atoms with E-state index in [1.165, 1.54) is 41.6 Å². The van der Waals surface area contributed by atoms with E-state index in [0.717, 1.165) is 18.7 Å². The summed E-state index contributed by atoms with van der Waals surface area (Å²) in [6, 6.07) is 8.18. The SMILES string of the molecule is CN(Cc1ccc(N2CCCCC2)cc1)S(=O)(=O)c1cn[nH]c1. The van der Waals surface area contributed by atoms with Crippen molar-refractivity contribution in [3.8, 4) is 0 Å². The number of sulfonamides is 1. The van der Waals surface area contributed by atoms with Gasteiger partial charge in [0.2, 0.25) is 10.0 Å². The second-order valence-corrected chi connectivity index (χ2v) is 7.95. The summed E-state index contributed by atoms with van der Waals surface area (Å²) in [6.45, 7) is 2.55. The van der Waals surface area contributed by atoms with Crippen molar-refractivity contribution in [2.45, 2.75) is 30.7 Å². The van der Waals surface area contributed by atoms with Gasteiger partial charge in [-0.15, -0.1) is 0 Å². The minimum Gasteiger partial charge on any atom is -0.372 e. The van der Waals surface area contributed by atoms with Crippen LogP contribution in [0.2, 0.25) is 0 Å². The largest absolute Gasteiger partial charge is 0.372 e. The molecule has 1 N–H and O–H groups in total. The van der Waals surface area contributed by atoms with Crippen molar-refractivity contribution in [3.63, 3.8) is 0 Å². The summed E-state index contributed by atoms with van der Waals surface area (Å²) in [5, 5.41) is 6.24. The summed E-state index contributed by atoms with van der Waals surface area (Å²) in [7, 11) is -1.91. The van der Waals surface area contributed by atoms with Gasteiger partial charge >= 0.3 is 0 Å². The molecule has 0 aliphatic carbocycles. The molecule has 1 aliphatic rings. The van der Waals surface area contributed by atoms with Gasteiger partial charge in [0.1, 0.15) is 4.90 Å². The molecule has 124 valence electrons. The zero-order valence-electron chi connectivity index (χ0n) is 13.3. The molecule has 0 saturated carbocycles. The molecule has 1 aromatic carbocycles. The molecule has 0 atom stereocenters. The van der Waals surface area contributed by atoms with Gasteiger partial charge in [-0.1, -0.05) is 12.1 Å². The van der Waals surface area contributed by atoms with Crippen LogP contribution < -0.4 is 4.90 Å². The summed E-state index contributed by atoms with van der Waals surface area (Å²) >= 11 is 0. The lowest BCUT2D eigenvalue weighted by atomic mass is 10.1. The number of hydrogen-bond acceptors (Lipinski definition) is 4. The molecule has 1 saturated heterocycles. The number of aromatic amines is 1. The van der Waals surface area contributed by atoms with Gasteiger partial charge < -0.3 is 4.90 Å². The maximum atomic E-state index is 12.4. The first-order valence-electron chi connectivity index (χ1n) is 7.86. The van der Waals surface area contributed by atoms with E-state index in [1.807, 2.05) is 12.1 Å². The Morgan fingerprint density at radius 2 is 1.87 bits per heavy atom. The van der Waals surface area contributed by atoms with Crippen LogP contribution in [0, 0.1) is 0 Å². The van der Waals surface area contributed by atoms with E-state index in [1.54, 1.807) is 7.05 Å². The third-order valence-electron chi connectivity index (χ3n) is 4.24. The van der Waals surface area contributed by atoms with E-state index in [0.29, 0.717) is 6.54 Å². The zero-order chi connectivity index (χ0) is 16.3. The maximum Gasteiger partial charge on any atom is 0.246 e. The third kappa shape index (κ3) is 3.56. The molecule has 7 heteroatoms. The second kappa shape index (κ2) is 6.72. The number of nitrogens with zero attached hydrogens (tertiary/aromatic N) is 3. The fraction of sp³-hybridized carbons (Fsp3) is 0.438. The van der Waals surface area contributed by atoms with Crippen molar-refractivity contribution < 1.29 is 8.42 Å². The molecule has 3 rings (SSSR count). The number of piperidine rings is 1. The van der Waals surface area contributed by atoms with Gasteiger partial charge in [0, 0.05) is 38.6 Å². The molecule has 23 heavy (non-hydrogen) atoms. The molecule has 0 radical (unpaired) electrons. The van der Waals surface area contributed by atoms with Gasteiger partial charge in [0.25, 0.3) is 0 Å². The highest BCUT2D eigenvalue weighted by molar-refractivity contribution is 7.89. The molecule has 1 fully saturated rings. The number of benzene rings is 1. The Morgan fingerprint density at radius 3 is 2.48 bits per heavy atom. The van der Waals surface area contributed by atoms with E-state index in [2.05, 4.69) is 27.2 Å². The molecule has 0 spiro atoms. The van der Waals surface area contributed by atoms with Crippen LogP contribution in [0.15, 0.2) is 41.6 Å². The van der Waals surface area contributed by atoms with E-state index in [9.17, 15) is 8.42 Å². The number of aromatic nitrogens is 2. The molecular weight excluding hydrogens is 312 g/mol. The van der Waals surface area contributed by atoms with Gasteiger partial charge in [-0.3, -0.25) is 5.10 Å². The molecule has 0 bridgehead atoms. The molecule has 1 aliphatic heterocycles. The lowest BCUT2D eigenvalue weighted by Crippen LogP contribution is -2.29. The molecule has 1 aromatic heterocycles. The highest BCUT2D eigenvalue weighted by Crippen LogP contribution is 2.21. The Labute approximate surface area is 137 Å². The topological polar surface area (TPSA) is 69.3 Å². The zero-order valence-corrected chi connectivity index (χ0v) is 14.1. The average molecular weight is 334 g/mol. The Kier molecular flexibility index (Phi) is 4.68. The van der Waals surface area contributed by atoms with Gasteiger partial charge in [-0.25, -0.2) is 8.42 Å². The van der Waals surface area contributed by atoms with Crippen molar-refractivity contribution in [2.75, 3.05) is 25.0 Å². The Balaban J connectivity index is 1.68. The van der Waals surface area contributed by atoms with Crippen LogP contribution in [-0.4, -0.2) is 43.1 Å². The summed E-state index contributed by atoms with van der Waals surface area (Å²) in [5.74, 6) is 0. The molecule has 0 unspecified atom stereocenters. The van der Waals surface area contributed by atoms with Crippen molar-refractivity contribution >= 4 is 15.7 Å². The van der Waals surface area contributed by atoms with E-state index in [4.69, 9.17) is 0 Å². The first-order chi connectivity index (χ1) is 11.1. The fourth-order valence-corrected chi connectivity index (χ4v) is 3.93. The summed E-state index contributed by atoms with van der Waals surface area (Å²) in [6.07, 6.45) is 6.52. The standard InChI is InChI=1S/C16H22N4O2S/c1-19(23(21,22)16-11-17-18-12-16)13-14-5-7-15(8-6-14)20-9-3-2-4-10-20/h5-8,11-12H,2-4,9-10,13H2,1H3,(H,17,18). The minimum absolute atomic E-state index is 0.185. The van der Waals surface area contributed by atoms with Crippen LogP contribution in [0.4, 0.5) is 5.69 Å². The lowest BCUT2D eigenvalue weighted by molar-refractivity contribution is 0.467. The lowest BCUT2D eigenvalue weighted by Gasteiger charge is -2.29.